The minimum atomic E-state index is -1.29. The highest BCUT2D eigenvalue weighted by atomic mass is 16.6. The Morgan fingerprint density at radius 3 is 2.53 bits per heavy atom. The maximum atomic E-state index is 10.9. The van der Waals surface area contributed by atoms with Crippen molar-refractivity contribution in [1.82, 2.24) is 9.78 Å². The van der Waals surface area contributed by atoms with Gasteiger partial charge in [0.15, 0.2) is 5.54 Å². The van der Waals surface area contributed by atoms with E-state index in [2.05, 4.69) is 5.10 Å². The van der Waals surface area contributed by atoms with Crippen LogP contribution in [0.4, 0.5) is 5.82 Å². The molecule has 15 heavy (non-hydrogen) atoms. The Morgan fingerprint density at radius 1 is 1.67 bits per heavy atom. The van der Waals surface area contributed by atoms with Gasteiger partial charge in [0.05, 0.1) is 16.9 Å². The third-order valence-electron chi connectivity index (χ3n) is 2.14. The van der Waals surface area contributed by atoms with E-state index in [4.69, 9.17) is 5.11 Å². The van der Waals surface area contributed by atoms with Crippen molar-refractivity contribution in [2.45, 2.75) is 26.3 Å². The lowest BCUT2D eigenvalue weighted by molar-refractivity contribution is -0.390. The van der Waals surface area contributed by atoms with Gasteiger partial charge in [-0.05, 0) is 25.7 Å². The summed E-state index contributed by atoms with van der Waals surface area (Å²) < 4.78 is 1.09. The number of aliphatic carboxylic acids is 1. The first-order chi connectivity index (χ1) is 6.76. The number of nitrogens with zero attached hydrogens (tertiary/aromatic N) is 3. The molecular formula is C8H11N3O4. The topological polar surface area (TPSA) is 98.3 Å². The molecule has 0 radical (unpaired) electrons. The van der Waals surface area contributed by atoms with Crippen molar-refractivity contribution in [3.63, 3.8) is 0 Å². The SMILES string of the molecule is Cc1cn(C(C)(C)C(=O)O)nc1[N+](=O)[O-]. The highest BCUT2D eigenvalue weighted by molar-refractivity contribution is 5.75. The third-order valence-corrected chi connectivity index (χ3v) is 2.14. The van der Waals surface area contributed by atoms with Crippen LogP contribution in [0.15, 0.2) is 6.20 Å². The summed E-state index contributed by atoms with van der Waals surface area (Å²) in [6, 6.07) is 0. The molecule has 0 fully saturated rings. The second-order valence-electron chi connectivity index (χ2n) is 3.70. The van der Waals surface area contributed by atoms with E-state index in [1.165, 1.54) is 27.0 Å². The second kappa shape index (κ2) is 3.34. The van der Waals surface area contributed by atoms with Gasteiger partial charge in [-0.3, -0.25) is 0 Å². The molecule has 0 atom stereocenters. The van der Waals surface area contributed by atoms with E-state index in [1.54, 1.807) is 0 Å². The molecule has 1 heterocycles. The Bertz CT molecular complexity index is 422. The molecule has 1 N–H and O–H groups in total. The molecule has 82 valence electrons. The van der Waals surface area contributed by atoms with Gasteiger partial charge < -0.3 is 15.2 Å². The van der Waals surface area contributed by atoms with Crippen molar-refractivity contribution < 1.29 is 14.8 Å². The summed E-state index contributed by atoms with van der Waals surface area (Å²) in [6.07, 6.45) is 1.35. The molecule has 0 saturated heterocycles. The van der Waals surface area contributed by atoms with Crippen LogP contribution in [0.2, 0.25) is 0 Å². The quantitative estimate of drug-likeness (QED) is 0.594. The van der Waals surface area contributed by atoms with Gasteiger partial charge in [-0.15, -0.1) is 0 Å². The van der Waals surface area contributed by atoms with Gasteiger partial charge in [0.25, 0.3) is 0 Å². The summed E-state index contributed by atoms with van der Waals surface area (Å²) in [5, 5.41) is 23.1. The molecule has 1 aromatic heterocycles. The molecule has 0 aromatic carbocycles. The standard InChI is InChI=1S/C8H11N3O4/c1-5-4-10(8(2,3)7(12)13)9-6(5)11(14)15/h4H,1-3H3,(H,12,13). The van der Waals surface area contributed by atoms with Gasteiger partial charge in [-0.2, -0.15) is 4.68 Å². The Labute approximate surface area is 85.5 Å². The lowest BCUT2D eigenvalue weighted by Gasteiger charge is -2.15. The first kappa shape index (κ1) is 11.2. The number of hydrogen-bond acceptors (Lipinski definition) is 4. The minimum Gasteiger partial charge on any atom is -0.479 e. The van der Waals surface area contributed by atoms with Crippen molar-refractivity contribution in [2.75, 3.05) is 0 Å². The van der Waals surface area contributed by atoms with Crippen LogP contribution in [0.3, 0.4) is 0 Å². The van der Waals surface area contributed by atoms with Crippen LogP contribution in [-0.4, -0.2) is 25.8 Å². The highest BCUT2D eigenvalue weighted by Crippen LogP contribution is 2.21. The third kappa shape index (κ3) is 1.80. The molecule has 0 amide bonds. The molecule has 0 spiro atoms. The van der Waals surface area contributed by atoms with Gasteiger partial charge in [0.2, 0.25) is 0 Å². The Balaban J connectivity index is 3.24. The van der Waals surface area contributed by atoms with E-state index >= 15 is 0 Å². The maximum absolute atomic E-state index is 10.9. The van der Waals surface area contributed by atoms with E-state index in [9.17, 15) is 14.9 Å². The van der Waals surface area contributed by atoms with Crippen LogP contribution >= 0.6 is 0 Å². The Hall–Kier alpha value is -1.92. The van der Waals surface area contributed by atoms with Gasteiger partial charge >= 0.3 is 11.8 Å². The second-order valence-corrected chi connectivity index (χ2v) is 3.70. The lowest BCUT2D eigenvalue weighted by Crippen LogP contribution is -2.36. The molecule has 0 aliphatic rings. The van der Waals surface area contributed by atoms with Crippen LogP contribution in [0.1, 0.15) is 19.4 Å². The van der Waals surface area contributed by atoms with Crippen molar-refractivity contribution in [2.24, 2.45) is 0 Å². The molecule has 0 unspecified atom stereocenters. The lowest BCUT2D eigenvalue weighted by atomic mass is 10.1. The number of aromatic nitrogens is 2. The van der Waals surface area contributed by atoms with E-state index in [0.29, 0.717) is 5.56 Å². The molecule has 0 saturated carbocycles. The molecular weight excluding hydrogens is 202 g/mol. The van der Waals surface area contributed by atoms with E-state index in [1.807, 2.05) is 0 Å². The first-order valence-electron chi connectivity index (χ1n) is 4.21. The fraction of sp³-hybridized carbons (Fsp3) is 0.500. The summed E-state index contributed by atoms with van der Waals surface area (Å²) in [5.74, 6) is -1.41. The fourth-order valence-corrected chi connectivity index (χ4v) is 1.02. The highest BCUT2D eigenvalue weighted by Gasteiger charge is 2.35. The molecule has 0 bridgehead atoms. The maximum Gasteiger partial charge on any atom is 0.392 e. The minimum absolute atomic E-state index is 0.315. The van der Waals surface area contributed by atoms with Gasteiger partial charge in [-0.1, -0.05) is 0 Å². The molecule has 0 aliphatic carbocycles. The van der Waals surface area contributed by atoms with E-state index in [-0.39, 0.29) is 5.82 Å². The molecule has 1 aromatic rings. The zero-order valence-corrected chi connectivity index (χ0v) is 8.59. The summed E-state index contributed by atoms with van der Waals surface area (Å²) in [4.78, 5) is 20.8. The average Bonchev–Trinajstić information content (AvgIpc) is 2.47. The molecule has 0 aliphatic heterocycles. The fourth-order valence-electron chi connectivity index (χ4n) is 1.02. The molecule has 7 nitrogen and oxygen atoms in total. The number of nitro groups is 1. The zero-order chi connectivity index (χ0) is 11.8. The van der Waals surface area contributed by atoms with Crippen LogP contribution < -0.4 is 0 Å². The summed E-state index contributed by atoms with van der Waals surface area (Å²) in [5.41, 5.74) is -0.951. The van der Waals surface area contributed by atoms with Crippen molar-refractivity contribution in [3.8, 4) is 0 Å². The van der Waals surface area contributed by atoms with Crippen molar-refractivity contribution in [1.29, 1.82) is 0 Å². The predicted octanol–water partition coefficient (Wildman–Crippen LogP) is 0.919. The monoisotopic (exact) mass is 213 g/mol. The van der Waals surface area contributed by atoms with Crippen LogP contribution in [0.25, 0.3) is 0 Å². The van der Waals surface area contributed by atoms with E-state index in [0.717, 1.165) is 4.68 Å². The summed E-state index contributed by atoms with van der Waals surface area (Å²) in [6.45, 7) is 4.36. The van der Waals surface area contributed by atoms with Crippen molar-refractivity contribution in [3.05, 3.63) is 21.9 Å². The number of carbonyl (C=O) groups is 1. The van der Waals surface area contributed by atoms with Crippen LogP contribution in [-0.2, 0) is 10.3 Å². The number of rotatable bonds is 3. The van der Waals surface area contributed by atoms with Gasteiger partial charge in [-0.25, -0.2) is 4.79 Å². The van der Waals surface area contributed by atoms with E-state index < -0.39 is 16.4 Å². The Kier molecular flexibility index (Phi) is 2.48. The molecule has 7 heteroatoms. The largest absolute Gasteiger partial charge is 0.479 e. The number of aryl methyl sites for hydroxylation is 1. The van der Waals surface area contributed by atoms with Crippen LogP contribution in [0, 0.1) is 17.0 Å². The Morgan fingerprint density at radius 2 is 2.20 bits per heavy atom. The number of carboxylic acids is 1. The number of carboxylic acid groups (broad SMARTS) is 1. The summed E-state index contributed by atoms with van der Waals surface area (Å²) in [7, 11) is 0. The number of hydrogen-bond donors (Lipinski definition) is 1. The average molecular weight is 213 g/mol. The van der Waals surface area contributed by atoms with Gasteiger partial charge in [0.1, 0.15) is 0 Å². The van der Waals surface area contributed by atoms with Crippen molar-refractivity contribution >= 4 is 11.8 Å². The summed E-state index contributed by atoms with van der Waals surface area (Å²) >= 11 is 0. The smallest absolute Gasteiger partial charge is 0.392 e. The molecule has 1 rings (SSSR count). The zero-order valence-electron chi connectivity index (χ0n) is 8.59. The van der Waals surface area contributed by atoms with Gasteiger partial charge in [0, 0.05) is 0 Å². The predicted molar refractivity (Wildman–Crippen MR) is 50.6 cm³/mol. The first-order valence-corrected chi connectivity index (χ1v) is 4.21. The van der Waals surface area contributed by atoms with Crippen LogP contribution in [0.5, 0.6) is 0 Å². The normalized spacial score (nSPS) is 11.4.